The van der Waals surface area contributed by atoms with Crippen molar-refractivity contribution < 1.29 is 9.47 Å². The minimum Gasteiger partial charge on any atom is -0.495 e. The maximum Gasteiger partial charge on any atom is 0.141 e. The summed E-state index contributed by atoms with van der Waals surface area (Å²) in [5, 5.41) is 3.60. The molecule has 0 bridgehead atoms. The monoisotopic (exact) mass is 264 g/mol. The molecular formula is C15H24N2O2. The topological polar surface area (TPSA) is 56.5 Å². The first-order valence-corrected chi connectivity index (χ1v) is 6.96. The van der Waals surface area contributed by atoms with Gasteiger partial charge in [-0.3, -0.25) is 0 Å². The smallest absolute Gasteiger partial charge is 0.141 e. The van der Waals surface area contributed by atoms with Crippen LogP contribution in [0.15, 0.2) is 24.3 Å². The summed E-state index contributed by atoms with van der Waals surface area (Å²) in [6.45, 7) is 3.52. The average molecular weight is 264 g/mol. The SMILES string of the molecule is CCC1CC(CN)(Nc2ccccc2OC)CCO1. The van der Waals surface area contributed by atoms with E-state index in [9.17, 15) is 0 Å². The standard InChI is InChI=1S/C15H24N2O2/c1-3-12-10-15(11-16,8-9-19-12)17-13-6-4-5-7-14(13)18-2/h4-7,12,17H,3,8-11,16H2,1-2H3. The summed E-state index contributed by atoms with van der Waals surface area (Å²) in [6.07, 6.45) is 3.19. The van der Waals surface area contributed by atoms with Crippen molar-refractivity contribution in [3.8, 4) is 5.75 Å². The molecule has 4 heteroatoms. The highest BCUT2D eigenvalue weighted by molar-refractivity contribution is 5.57. The van der Waals surface area contributed by atoms with Crippen LogP contribution in [0.4, 0.5) is 5.69 Å². The Morgan fingerprint density at radius 1 is 1.47 bits per heavy atom. The maximum atomic E-state index is 6.04. The van der Waals surface area contributed by atoms with E-state index in [2.05, 4.69) is 12.2 Å². The first-order valence-electron chi connectivity index (χ1n) is 6.96. The number of nitrogens with two attached hydrogens (primary N) is 1. The lowest BCUT2D eigenvalue weighted by Crippen LogP contribution is -2.52. The van der Waals surface area contributed by atoms with E-state index in [1.807, 2.05) is 24.3 Å². The Bertz CT molecular complexity index is 411. The van der Waals surface area contributed by atoms with Crippen LogP contribution in [0.3, 0.4) is 0 Å². The third kappa shape index (κ3) is 3.19. The predicted octanol–water partition coefficient (Wildman–Crippen LogP) is 2.39. The molecule has 1 aromatic rings. The number of hydrogen-bond donors (Lipinski definition) is 2. The van der Waals surface area contributed by atoms with E-state index in [0.29, 0.717) is 12.6 Å². The zero-order valence-corrected chi connectivity index (χ0v) is 11.8. The second kappa shape index (κ2) is 6.26. The Balaban J connectivity index is 2.17. The highest BCUT2D eigenvalue weighted by Crippen LogP contribution is 2.33. The fraction of sp³-hybridized carbons (Fsp3) is 0.600. The number of anilines is 1. The molecule has 0 amide bonds. The molecule has 106 valence electrons. The lowest BCUT2D eigenvalue weighted by Gasteiger charge is -2.41. The van der Waals surface area contributed by atoms with Crippen LogP contribution in [0.5, 0.6) is 5.75 Å². The largest absolute Gasteiger partial charge is 0.495 e. The molecule has 1 aliphatic rings. The van der Waals surface area contributed by atoms with Crippen molar-refractivity contribution in [1.82, 2.24) is 0 Å². The van der Waals surface area contributed by atoms with Gasteiger partial charge in [-0.15, -0.1) is 0 Å². The van der Waals surface area contributed by atoms with E-state index in [-0.39, 0.29) is 5.54 Å². The van der Waals surface area contributed by atoms with Crippen molar-refractivity contribution in [3.63, 3.8) is 0 Å². The molecule has 1 heterocycles. The highest BCUT2D eigenvalue weighted by atomic mass is 16.5. The summed E-state index contributed by atoms with van der Waals surface area (Å²) in [6, 6.07) is 7.97. The third-order valence-electron chi connectivity index (χ3n) is 3.91. The predicted molar refractivity (Wildman–Crippen MR) is 77.7 cm³/mol. The molecule has 0 radical (unpaired) electrons. The molecule has 4 nitrogen and oxygen atoms in total. The first kappa shape index (κ1) is 14.2. The van der Waals surface area contributed by atoms with Crippen molar-refractivity contribution in [2.24, 2.45) is 5.73 Å². The van der Waals surface area contributed by atoms with Crippen LogP contribution in [-0.2, 0) is 4.74 Å². The third-order valence-corrected chi connectivity index (χ3v) is 3.91. The number of ether oxygens (including phenoxy) is 2. The van der Waals surface area contributed by atoms with Crippen LogP contribution in [0.25, 0.3) is 0 Å². The second-order valence-corrected chi connectivity index (χ2v) is 5.16. The molecule has 1 fully saturated rings. The highest BCUT2D eigenvalue weighted by Gasteiger charge is 2.35. The van der Waals surface area contributed by atoms with Gasteiger partial charge in [0.2, 0.25) is 0 Å². The molecule has 1 aromatic carbocycles. The van der Waals surface area contributed by atoms with Gasteiger partial charge in [-0.05, 0) is 31.4 Å². The minimum atomic E-state index is -0.0897. The number of hydrogen-bond acceptors (Lipinski definition) is 4. The van der Waals surface area contributed by atoms with Crippen LogP contribution in [-0.4, -0.2) is 31.9 Å². The van der Waals surface area contributed by atoms with Gasteiger partial charge in [0.05, 0.1) is 24.4 Å². The van der Waals surface area contributed by atoms with E-state index in [0.717, 1.165) is 37.3 Å². The Hall–Kier alpha value is -1.26. The average Bonchev–Trinajstić information content (AvgIpc) is 2.48. The second-order valence-electron chi connectivity index (χ2n) is 5.16. The van der Waals surface area contributed by atoms with Gasteiger partial charge in [0, 0.05) is 13.2 Å². The van der Waals surface area contributed by atoms with Crippen molar-refractivity contribution >= 4 is 5.69 Å². The molecule has 2 rings (SSSR count). The van der Waals surface area contributed by atoms with Gasteiger partial charge >= 0.3 is 0 Å². The van der Waals surface area contributed by atoms with Gasteiger partial charge in [0.25, 0.3) is 0 Å². The molecule has 0 saturated carbocycles. The number of benzene rings is 1. The summed E-state index contributed by atoms with van der Waals surface area (Å²) in [4.78, 5) is 0. The van der Waals surface area contributed by atoms with Crippen LogP contribution in [0, 0.1) is 0 Å². The van der Waals surface area contributed by atoms with E-state index < -0.39 is 0 Å². The van der Waals surface area contributed by atoms with Gasteiger partial charge in [-0.2, -0.15) is 0 Å². The fourth-order valence-electron chi connectivity index (χ4n) is 2.66. The zero-order chi connectivity index (χ0) is 13.7. The summed E-state index contributed by atoms with van der Waals surface area (Å²) in [5.74, 6) is 0.856. The normalized spacial score (nSPS) is 27.0. The molecular weight excluding hydrogens is 240 g/mol. The van der Waals surface area contributed by atoms with Crippen molar-refractivity contribution in [3.05, 3.63) is 24.3 Å². The maximum absolute atomic E-state index is 6.04. The van der Waals surface area contributed by atoms with Crippen molar-refractivity contribution in [2.45, 2.75) is 37.8 Å². The van der Waals surface area contributed by atoms with Crippen LogP contribution in [0.2, 0.25) is 0 Å². The molecule has 1 saturated heterocycles. The lowest BCUT2D eigenvalue weighted by molar-refractivity contribution is -0.0126. The van der Waals surface area contributed by atoms with Crippen molar-refractivity contribution in [1.29, 1.82) is 0 Å². The molecule has 19 heavy (non-hydrogen) atoms. The molecule has 0 aromatic heterocycles. The lowest BCUT2D eigenvalue weighted by atomic mass is 9.85. The summed E-state index contributed by atoms with van der Waals surface area (Å²) >= 11 is 0. The Morgan fingerprint density at radius 2 is 2.26 bits per heavy atom. The van der Waals surface area contributed by atoms with Crippen LogP contribution >= 0.6 is 0 Å². The number of rotatable bonds is 5. The van der Waals surface area contributed by atoms with Gasteiger partial charge in [-0.25, -0.2) is 0 Å². The van der Waals surface area contributed by atoms with Crippen LogP contribution < -0.4 is 15.8 Å². The van der Waals surface area contributed by atoms with Gasteiger partial charge in [0.15, 0.2) is 0 Å². The van der Waals surface area contributed by atoms with E-state index in [4.69, 9.17) is 15.2 Å². The number of para-hydroxylation sites is 2. The molecule has 0 aliphatic carbocycles. The van der Waals surface area contributed by atoms with E-state index in [1.54, 1.807) is 7.11 Å². The molecule has 2 atom stereocenters. The Kier molecular flexibility index (Phi) is 4.66. The zero-order valence-electron chi connectivity index (χ0n) is 11.8. The van der Waals surface area contributed by atoms with Gasteiger partial charge in [-0.1, -0.05) is 19.1 Å². The Labute approximate surface area is 115 Å². The Morgan fingerprint density at radius 3 is 2.95 bits per heavy atom. The summed E-state index contributed by atoms with van der Waals surface area (Å²) < 4.78 is 11.1. The number of methoxy groups -OCH3 is 1. The molecule has 0 spiro atoms. The molecule has 2 unspecified atom stereocenters. The quantitative estimate of drug-likeness (QED) is 0.857. The molecule has 3 N–H and O–H groups in total. The summed E-state index contributed by atoms with van der Waals surface area (Å²) in [5.41, 5.74) is 6.95. The fourth-order valence-corrected chi connectivity index (χ4v) is 2.66. The van der Waals surface area contributed by atoms with Gasteiger partial charge < -0.3 is 20.5 Å². The summed E-state index contributed by atoms with van der Waals surface area (Å²) in [7, 11) is 1.69. The van der Waals surface area contributed by atoms with E-state index in [1.165, 1.54) is 0 Å². The van der Waals surface area contributed by atoms with Gasteiger partial charge in [0.1, 0.15) is 5.75 Å². The minimum absolute atomic E-state index is 0.0897. The molecule has 1 aliphatic heterocycles. The first-order chi connectivity index (χ1) is 9.23. The van der Waals surface area contributed by atoms with Crippen LogP contribution in [0.1, 0.15) is 26.2 Å². The van der Waals surface area contributed by atoms with E-state index >= 15 is 0 Å². The van der Waals surface area contributed by atoms with Crippen molar-refractivity contribution in [2.75, 3.05) is 25.6 Å². The number of nitrogens with one attached hydrogen (secondary N) is 1.